The van der Waals surface area contributed by atoms with Gasteiger partial charge in [-0.25, -0.2) is 0 Å². The first kappa shape index (κ1) is 12.8. The first-order chi connectivity index (χ1) is 5.16. The van der Waals surface area contributed by atoms with Gasteiger partial charge in [-0.3, -0.25) is 0 Å². The van der Waals surface area contributed by atoms with Crippen molar-refractivity contribution in [3.8, 4) is 0 Å². The Morgan fingerprint density at radius 3 is 1.82 bits per heavy atom. The molecule has 0 saturated heterocycles. The molecule has 1 heteroatoms. The number of rotatable bonds is 2. The molecule has 0 aliphatic heterocycles. The molecular formula is C10H19N. The molecule has 0 amide bonds. The molecule has 0 fully saturated rings. The summed E-state index contributed by atoms with van der Waals surface area (Å²) in [6, 6.07) is 0. The van der Waals surface area contributed by atoms with Crippen LogP contribution in [-0.4, -0.2) is 7.05 Å². The van der Waals surface area contributed by atoms with Gasteiger partial charge in [0.2, 0.25) is 0 Å². The summed E-state index contributed by atoms with van der Waals surface area (Å²) in [7, 11) is 1.50. The summed E-state index contributed by atoms with van der Waals surface area (Å²) in [4.78, 5) is 0. The van der Waals surface area contributed by atoms with E-state index < -0.39 is 0 Å². The van der Waals surface area contributed by atoms with Crippen LogP contribution in [0, 0.1) is 0 Å². The van der Waals surface area contributed by atoms with Gasteiger partial charge in [0.05, 0.1) is 0 Å². The Balaban J connectivity index is 0. The van der Waals surface area contributed by atoms with Crippen molar-refractivity contribution in [3.05, 3.63) is 36.0 Å². The summed E-state index contributed by atoms with van der Waals surface area (Å²) in [5.74, 6) is 0. The van der Waals surface area contributed by atoms with Crippen molar-refractivity contribution in [1.29, 1.82) is 0 Å². The van der Waals surface area contributed by atoms with Crippen LogP contribution < -0.4 is 5.73 Å². The van der Waals surface area contributed by atoms with Crippen LogP contribution in [0.15, 0.2) is 36.0 Å². The lowest BCUT2D eigenvalue weighted by molar-refractivity contribution is 1.38. The molecule has 64 valence electrons. The Kier molecular flexibility index (Phi) is 10.7. The minimum atomic E-state index is 1.20. The Morgan fingerprint density at radius 1 is 1.09 bits per heavy atom. The monoisotopic (exact) mass is 153 g/mol. The highest BCUT2D eigenvalue weighted by Crippen LogP contribution is 1.96. The van der Waals surface area contributed by atoms with E-state index in [2.05, 4.69) is 38.3 Å². The van der Waals surface area contributed by atoms with Gasteiger partial charge >= 0.3 is 0 Å². The van der Waals surface area contributed by atoms with E-state index in [0.29, 0.717) is 0 Å². The van der Waals surface area contributed by atoms with E-state index in [1.807, 2.05) is 13.0 Å². The highest BCUT2D eigenvalue weighted by Gasteiger charge is 1.74. The van der Waals surface area contributed by atoms with Crippen LogP contribution in [0.4, 0.5) is 0 Å². The molecule has 0 aliphatic carbocycles. The highest BCUT2D eigenvalue weighted by molar-refractivity contribution is 5.21. The standard InChI is InChI=1S/C9H14.CH5N/c1-5-9(4)7-6-8(2)3;1-2/h5-7H,1H2,2-4H3;2H2,1H3/b9-7-;. The SMILES string of the molecule is C=C/C(C)=C\C=C(C)C.CN. The van der Waals surface area contributed by atoms with Crippen LogP contribution >= 0.6 is 0 Å². The van der Waals surface area contributed by atoms with Gasteiger partial charge in [0.25, 0.3) is 0 Å². The van der Waals surface area contributed by atoms with Crippen molar-refractivity contribution in [2.24, 2.45) is 5.73 Å². The van der Waals surface area contributed by atoms with Crippen molar-refractivity contribution in [3.63, 3.8) is 0 Å². The molecular weight excluding hydrogens is 134 g/mol. The molecule has 0 radical (unpaired) electrons. The second-order valence-electron chi connectivity index (χ2n) is 2.36. The summed E-state index contributed by atoms with van der Waals surface area (Å²) < 4.78 is 0. The van der Waals surface area contributed by atoms with Crippen LogP contribution in [0.5, 0.6) is 0 Å². The summed E-state index contributed by atoms with van der Waals surface area (Å²) in [6.07, 6.45) is 5.98. The molecule has 1 nitrogen and oxygen atoms in total. The number of hydrogen-bond donors (Lipinski definition) is 1. The number of allylic oxidation sites excluding steroid dienone is 5. The zero-order valence-corrected chi connectivity index (χ0v) is 8.02. The smallest absolute Gasteiger partial charge is 0.0195 e. The van der Waals surface area contributed by atoms with Crippen molar-refractivity contribution in [2.75, 3.05) is 7.05 Å². The van der Waals surface area contributed by atoms with Gasteiger partial charge in [-0.2, -0.15) is 0 Å². The van der Waals surface area contributed by atoms with Gasteiger partial charge in [-0.1, -0.05) is 36.0 Å². The fourth-order valence-electron chi connectivity index (χ4n) is 0.366. The Bertz CT molecular complexity index is 148. The van der Waals surface area contributed by atoms with E-state index in [4.69, 9.17) is 0 Å². The highest BCUT2D eigenvalue weighted by atomic mass is 14.4. The lowest BCUT2D eigenvalue weighted by atomic mass is 10.2. The zero-order chi connectivity index (χ0) is 9.28. The quantitative estimate of drug-likeness (QED) is 0.606. The molecule has 0 aromatic rings. The zero-order valence-electron chi connectivity index (χ0n) is 8.02. The first-order valence-electron chi connectivity index (χ1n) is 3.68. The molecule has 0 aliphatic rings. The fourth-order valence-corrected chi connectivity index (χ4v) is 0.366. The Labute approximate surface area is 70.3 Å². The predicted octanol–water partition coefficient (Wildman–Crippen LogP) is 2.66. The first-order valence-corrected chi connectivity index (χ1v) is 3.68. The topological polar surface area (TPSA) is 26.0 Å². The maximum atomic E-state index is 4.50. The van der Waals surface area contributed by atoms with Crippen LogP contribution in [0.3, 0.4) is 0 Å². The molecule has 0 rings (SSSR count). The normalized spacial score (nSPS) is 9.36. The van der Waals surface area contributed by atoms with E-state index >= 15 is 0 Å². The van der Waals surface area contributed by atoms with Gasteiger partial charge in [-0.05, 0) is 27.8 Å². The molecule has 0 unspecified atom stereocenters. The fraction of sp³-hybridized carbons (Fsp3) is 0.400. The Hall–Kier alpha value is -0.820. The van der Waals surface area contributed by atoms with Gasteiger partial charge < -0.3 is 5.73 Å². The predicted molar refractivity (Wildman–Crippen MR) is 53.5 cm³/mol. The second kappa shape index (κ2) is 9.18. The van der Waals surface area contributed by atoms with Gasteiger partial charge in [-0.15, -0.1) is 0 Å². The summed E-state index contributed by atoms with van der Waals surface area (Å²) in [5.41, 5.74) is 7.02. The molecule has 0 aromatic heterocycles. The molecule has 0 aromatic carbocycles. The van der Waals surface area contributed by atoms with Crippen LogP contribution in [0.25, 0.3) is 0 Å². The maximum absolute atomic E-state index is 4.50. The molecule has 0 heterocycles. The largest absolute Gasteiger partial charge is 0.333 e. The summed E-state index contributed by atoms with van der Waals surface area (Å²) >= 11 is 0. The van der Waals surface area contributed by atoms with E-state index in [9.17, 15) is 0 Å². The maximum Gasteiger partial charge on any atom is -0.0195 e. The van der Waals surface area contributed by atoms with Crippen LogP contribution in [-0.2, 0) is 0 Å². The van der Waals surface area contributed by atoms with Gasteiger partial charge in [0.1, 0.15) is 0 Å². The minimum Gasteiger partial charge on any atom is -0.333 e. The van der Waals surface area contributed by atoms with Crippen molar-refractivity contribution in [2.45, 2.75) is 20.8 Å². The average molecular weight is 153 g/mol. The molecule has 0 spiro atoms. The van der Waals surface area contributed by atoms with E-state index in [1.165, 1.54) is 18.2 Å². The molecule has 11 heavy (non-hydrogen) atoms. The lowest BCUT2D eigenvalue weighted by Crippen LogP contribution is -1.69. The van der Waals surface area contributed by atoms with Gasteiger partial charge in [0.15, 0.2) is 0 Å². The Morgan fingerprint density at radius 2 is 1.55 bits per heavy atom. The van der Waals surface area contributed by atoms with Crippen LogP contribution in [0.1, 0.15) is 20.8 Å². The minimum absolute atomic E-state index is 1.20. The second-order valence-corrected chi connectivity index (χ2v) is 2.36. The third kappa shape index (κ3) is 12.4. The van der Waals surface area contributed by atoms with E-state index in [-0.39, 0.29) is 0 Å². The van der Waals surface area contributed by atoms with Gasteiger partial charge in [0, 0.05) is 0 Å². The third-order valence-corrected chi connectivity index (χ3v) is 1.00. The van der Waals surface area contributed by atoms with E-state index in [1.54, 1.807) is 0 Å². The van der Waals surface area contributed by atoms with Crippen molar-refractivity contribution < 1.29 is 0 Å². The summed E-state index contributed by atoms with van der Waals surface area (Å²) in [5, 5.41) is 0. The molecule has 2 N–H and O–H groups in total. The van der Waals surface area contributed by atoms with E-state index in [0.717, 1.165) is 0 Å². The summed E-state index contributed by atoms with van der Waals surface area (Å²) in [6.45, 7) is 9.83. The van der Waals surface area contributed by atoms with Crippen molar-refractivity contribution >= 4 is 0 Å². The third-order valence-electron chi connectivity index (χ3n) is 1.00. The van der Waals surface area contributed by atoms with Crippen LogP contribution in [0.2, 0.25) is 0 Å². The number of hydrogen-bond acceptors (Lipinski definition) is 1. The molecule has 0 saturated carbocycles. The van der Waals surface area contributed by atoms with Crippen molar-refractivity contribution in [1.82, 2.24) is 0 Å². The lowest BCUT2D eigenvalue weighted by Gasteiger charge is -1.86. The average Bonchev–Trinajstić information content (AvgIpc) is 2.04. The molecule has 0 bridgehead atoms. The molecule has 0 atom stereocenters. The number of nitrogens with two attached hydrogens (primary N) is 1.